The van der Waals surface area contributed by atoms with Crippen LogP contribution < -0.4 is 0 Å². The third kappa shape index (κ3) is 4.80. The highest BCUT2D eigenvalue weighted by molar-refractivity contribution is 7.26. The van der Waals surface area contributed by atoms with Crippen LogP contribution in [0, 0.1) is 0 Å². The van der Waals surface area contributed by atoms with Gasteiger partial charge in [0, 0.05) is 31.1 Å². The molecule has 50 heavy (non-hydrogen) atoms. The topological polar surface area (TPSA) is 38.9 Å². The minimum atomic E-state index is -0.402. The fourth-order valence-corrected chi connectivity index (χ4v) is 7.77. The van der Waals surface area contributed by atoms with Crippen molar-refractivity contribution in [2.75, 3.05) is 0 Å². The Balaban J connectivity index is 1.06. The Morgan fingerprint density at radius 3 is 2.00 bits per heavy atom. The lowest BCUT2D eigenvalue weighted by Gasteiger charge is -2.08. The van der Waals surface area contributed by atoms with E-state index in [1.807, 2.05) is 54.6 Å². The molecule has 0 saturated heterocycles. The van der Waals surface area contributed by atoms with Gasteiger partial charge in [0.25, 0.3) is 0 Å². The molecule has 0 aliphatic rings. The summed E-state index contributed by atoms with van der Waals surface area (Å²) in [6.45, 7) is 0. The number of furan rings is 1. The normalized spacial score (nSPS) is 13.6. The minimum Gasteiger partial charge on any atom is -0.452 e. The first-order valence-corrected chi connectivity index (χ1v) is 17.0. The maximum Gasteiger partial charge on any atom is 0.180 e. The Bertz CT molecular complexity index is 3270. The minimum absolute atomic E-state index is 0.163. The summed E-state index contributed by atoms with van der Waals surface area (Å²) in [5, 5.41) is 1.28. The number of hydrogen-bond donors (Lipinski definition) is 0. The van der Waals surface area contributed by atoms with Gasteiger partial charge >= 0.3 is 0 Å². The molecule has 0 spiro atoms. The molecular weight excluding hydrogens is 629 g/mol. The number of benzene rings is 7. The summed E-state index contributed by atoms with van der Waals surface area (Å²) < 4.78 is 67.3. The second kappa shape index (κ2) is 11.7. The van der Waals surface area contributed by atoms with Gasteiger partial charge in [-0.1, -0.05) is 133 Å². The smallest absolute Gasteiger partial charge is 0.180 e. The van der Waals surface area contributed by atoms with Crippen LogP contribution in [-0.2, 0) is 0 Å². The number of hydrogen-bond acceptors (Lipinski definition) is 4. The van der Waals surface area contributed by atoms with Gasteiger partial charge in [-0.05, 0) is 74.8 Å². The van der Waals surface area contributed by atoms with Crippen molar-refractivity contribution < 1.29 is 14.0 Å². The number of nitrogens with zero attached hydrogens (tertiary/aromatic N) is 2. The summed E-state index contributed by atoms with van der Waals surface area (Å²) in [4.78, 5) is 9.30. The zero-order valence-corrected chi connectivity index (χ0v) is 27.2. The molecule has 234 valence electrons. The lowest BCUT2D eigenvalue weighted by atomic mass is 9.96. The lowest BCUT2D eigenvalue weighted by molar-refractivity contribution is 0.667. The highest BCUT2D eigenvalue weighted by atomic mass is 32.1. The molecule has 10 rings (SSSR count). The lowest BCUT2D eigenvalue weighted by Crippen LogP contribution is -1.88. The first kappa shape index (κ1) is 22.3. The van der Waals surface area contributed by atoms with Crippen LogP contribution in [0.5, 0.6) is 0 Å². The van der Waals surface area contributed by atoms with Crippen molar-refractivity contribution >= 4 is 53.6 Å². The quantitative estimate of drug-likeness (QED) is 0.184. The molecule has 0 fully saturated rings. The first-order valence-electron chi connectivity index (χ1n) is 19.6. The average Bonchev–Trinajstić information content (AvgIpc) is 3.84. The number of fused-ring (bicyclic) bond motifs is 6. The SMILES string of the molecule is [2H]c1c([2H])c([2H])c2c(sc3c(-c4cccc(-c5ncnc6c5oc5ccc(-c7cccc(-c8ccc(-c9ccccc9)cc8)c7)cc56)c4)c([2H])c([2H])c([2H])c32)c1[2H]. The Kier molecular flexibility index (Phi) is 5.20. The maximum atomic E-state index is 8.98. The van der Waals surface area contributed by atoms with Gasteiger partial charge in [0.15, 0.2) is 5.58 Å². The van der Waals surface area contributed by atoms with Gasteiger partial charge in [0.1, 0.15) is 23.1 Å². The van der Waals surface area contributed by atoms with Gasteiger partial charge < -0.3 is 4.42 Å². The van der Waals surface area contributed by atoms with Gasteiger partial charge in [0.05, 0.1) is 9.60 Å². The van der Waals surface area contributed by atoms with E-state index in [0.29, 0.717) is 43.8 Å². The van der Waals surface area contributed by atoms with E-state index in [4.69, 9.17) is 14.0 Å². The fourth-order valence-electron chi connectivity index (χ4n) is 6.68. The van der Waals surface area contributed by atoms with Crippen LogP contribution in [0.25, 0.3) is 98.0 Å². The molecule has 0 aliphatic carbocycles. The van der Waals surface area contributed by atoms with Crippen LogP contribution in [0.4, 0.5) is 0 Å². The summed E-state index contributed by atoms with van der Waals surface area (Å²) in [7, 11) is 0. The third-order valence-electron chi connectivity index (χ3n) is 9.13. The zero-order chi connectivity index (χ0) is 39.1. The molecule has 3 heterocycles. The number of rotatable bonds is 5. The summed E-state index contributed by atoms with van der Waals surface area (Å²) in [6.07, 6.45) is 1.50. The van der Waals surface area contributed by atoms with Gasteiger partial charge in [-0.3, -0.25) is 0 Å². The molecule has 3 nitrogen and oxygen atoms in total. The van der Waals surface area contributed by atoms with Gasteiger partial charge in [0.2, 0.25) is 0 Å². The van der Waals surface area contributed by atoms with Crippen molar-refractivity contribution in [3.63, 3.8) is 0 Å². The number of aromatic nitrogens is 2. The van der Waals surface area contributed by atoms with E-state index in [2.05, 4.69) is 76.7 Å². The molecule has 0 aliphatic heterocycles. The van der Waals surface area contributed by atoms with Crippen LogP contribution >= 0.6 is 11.3 Å². The standard InChI is InChI=1S/C46H28N2OS/c1-2-9-29(10-3-1)30-19-21-31(22-20-30)32-11-6-12-33(25-32)34-23-24-41-40(27-34)44-45(49-41)43(47-28-48-44)36-14-7-13-35(26-36)37-16-8-17-39-38-15-4-5-18-42(38)50-46(37)39/h1-28H/i4D,5D,8D,15D,16D,17D,18D. The summed E-state index contributed by atoms with van der Waals surface area (Å²) >= 11 is 1.11. The summed E-state index contributed by atoms with van der Waals surface area (Å²) in [5.41, 5.74) is 10.6. The van der Waals surface area contributed by atoms with Crippen LogP contribution in [0.1, 0.15) is 9.60 Å². The van der Waals surface area contributed by atoms with Crippen molar-refractivity contribution in [2.24, 2.45) is 0 Å². The summed E-state index contributed by atoms with van der Waals surface area (Å²) in [6, 6.07) is 38.9. The molecule has 0 atom stereocenters. The van der Waals surface area contributed by atoms with E-state index < -0.39 is 6.04 Å². The van der Waals surface area contributed by atoms with Crippen LogP contribution in [0.2, 0.25) is 0 Å². The van der Waals surface area contributed by atoms with E-state index in [1.165, 1.54) is 17.5 Å². The Hall–Kier alpha value is -6.36. The van der Waals surface area contributed by atoms with Crippen LogP contribution in [0.15, 0.2) is 174 Å². The van der Waals surface area contributed by atoms with Crippen molar-refractivity contribution in [3.05, 3.63) is 170 Å². The van der Waals surface area contributed by atoms with Crippen molar-refractivity contribution in [1.29, 1.82) is 0 Å². The van der Waals surface area contributed by atoms with Gasteiger partial charge in [-0.25, -0.2) is 9.97 Å². The van der Waals surface area contributed by atoms with E-state index >= 15 is 0 Å². The predicted molar refractivity (Wildman–Crippen MR) is 209 cm³/mol. The second-order valence-electron chi connectivity index (χ2n) is 12.1. The zero-order valence-electron chi connectivity index (χ0n) is 33.3. The Morgan fingerprint density at radius 1 is 0.500 bits per heavy atom. The molecule has 0 amide bonds. The van der Waals surface area contributed by atoms with E-state index in [9.17, 15) is 0 Å². The largest absolute Gasteiger partial charge is 0.452 e. The second-order valence-corrected chi connectivity index (χ2v) is 13.1. The molecule has 3 aromatic heterocycles. The van der Waals surface area contributed by atoms with Crippen LogP contribution in [-0.4, -0.2) is 9.97 Å². The van der Waals surface area contributed by atoms with Crippen molar-refractivity contribution in [1.82, 2.24) is 9.97 Å². The molecular formula is C46H28N2OS. The van der Waals surface area contributed by atoms with E-state index in [0.717, 1.165) is 39.0 Å². The fraction of sp³-hybridized carbons (Fsp3) is 0. The molecule has 0 N–H and O–H groups in total. The highest BCUT2D eigenvalue weighted by Crippen LogP contribution is 2.41. The number of thiophene rings is 1. The van der Waals surface area contributed by atoms with Gasteiger partial charge in [-0.2, -0.15) is 0 Å². The van der Waals surface area contributed by atoms with Crippen molar-refractivity contribution in [2.45, 2.75) is 0 Å². The third-order valence-corrected chi connectivity index (χ3v) is 10.3. The Morgan fingerprint density at radius 2 is 1.14 bits per heavy atom. The highest BCUT2D eigenvalue weighted by Gasteiger charge is 2.17. The Labute approximate surface area is 302 Å². The molecule has 0 unspecified atom stereocenters. The maximum absolute atomic E-state index is 8.98. The molecule has 7 aromatic carbocycles. The first-order chi connectivity index (χ1) is 27.7. The molecule has 0 saturated carbocycles. The molecule has 10 aromatic rings. The van der Waals surface area contributed by atoms with Crippen molar-refractivity contribution in [3.8, 4) is 55.8 Å². The van der Waals surface area contributed by atoms with Crippen LogP contribution in [0.3, 0.4) is 0 Å². The molecule has 0 bridgehead atoms. The molecule has 0 radical (unpaired) electrons. The van der Waals surface area contributed by atoms with E-state index in [-0.39, 0.29) is 51.7 Å². The van der Waals surface area contributed by atoms with Gasteiger partial charge in [-0.15, -0.1) is 11.3 Å². The van der Waals surface area contributed by atoms with E-state index in [1.54, 1.807) is 0 Å². The predicted octanol–water partition coefficient (Wildman–Crippen LogP) is 13.1. The monoisotopic (exact) mass is 663 g/mol. The molecule has 4 heteroatoms. The average molecular weight is 664 g/mol. The summed E-state index contributed by atoms with van der Waals surface area (Å²) in [5.74, 6) is 0.